The van der Waals surface area contributed by atoms with E-state index in [1.54, 1.807) is 18.2 Å². The molecule has 7 nitrogen and oxygen atoms in total. The summed E-state index contributed by atoms with van der Waals surface area (Å²) in [6, 6.07) is 22.9. The smallest absolute Gasteiger partial charge is 0.244 e. The van der Waals surface area contributed by atoms with Crippen LogP contribution in [0.1, 0.15) is 48.8 Å². The molecular weight excluding hydrogens is 558 g/mol. The van der Waals surface area contributed by atoms with Crippen molar-refractivity contribution in [2.75, 3.05) is 17.1 Å². The van der Waals surface area contributed by atoms with Gasteiger partial charge in [-0.25, -0.2) is 8.42 Å². The van der Waals surface area contributed by atoms with Crippen molar-refractivity contribution in [1.29, 1.82) is 0 Å². The van der Waals surface area contributed by atoms with Gasteiger partial charge in [0.25, 0.3) is 0 Å². The number of amides is 2. The van der Waals surface area contributed by atoms with Crippen molar-refractivity contribution in [3.05, 3.63) is 101 Å². The zero-order valence-electron chi connectivity index (χ0n) is 23.6. The highest BCUT2D eigenvalue weighted by Gasteiger charge is 2.34. The van der Waals surface area contributed by atoms with Gasteiger partial charge in [-0.3, -0.25) is 13.9 Å². The number of halogens is 1. The molecule has 0 aliphatic heterocycles. The summed E-state index contributed by atoms with van der Waals surface area (Å²) in [6.07, 6.45) is 6.45. The second-order valence-electron chi connectivity index (χ2n) is 10.7. The number of nitrogens with one attached hydrogen (secondary N) is 1. The Morgan fingerprint density at radius 3 is 2.29 bits per heavy atom. The van der Waals surface area contributed by atoms with Crippen molar-refractivity contribution in [1.82, 2.24) is 10.2 Å². The van der Waals surface area contributed by atoms with E-state index in [0.29, 0.717) is 11.4 Å². The van der Waals surface area contributed by atoms with E-state index in [1.165, 1.54) is 11.0 Å². The third-order valence-electron chi connectivity index (χ3n) is 7.60. The molecule has 4 rings (SSSR count). The third-order valence-corrected chi connectivity index (χ3v) is 8.98. The average molecular weight is 596 g/mol. The summed E-state index contributed by atoms with van der Waals surface area (Å²) in [4.78, 5) is 29.7. The van der Waals surface area contributed by atoms with Gasteiger partial charge in [0.05, 0.1) is 11.9 Å². The molecule has 1 atom stereocenters. The van der Waals surface area contributed by atoms with Crippen molar-refractivity contribution >= 4 is 39.1 Å². The quantitative estimate of drug-likeness (QED) is 0.317. The maximum atomic E-state index is 14.2. The van der Waals surface area contributed by atoms with Crippen molar-refractivity contribution in [3.8, 4) is 0 Å². The van der Waals surface area contributed by atoms with E-state index in [1.807, 2.05) is 61.5 Å². The van der Waals surface area contributed by atoms with Crippen LogP contribution in [-0.2, 0) is 32.6 Å². The van der Waals surface area contributed by atoms with Crippen LogP contribution in [0.5, 0.6) is 0 Å². The molecule has 1 N–H and O–H groups in total. The van der Waals surface area contributed by atoms with Gasteiger partial charge in [0.15, 0.2) is 0 Å². The number of hydrogen-bond donors (Lipinski definition) is 1. The van der Waals surface area contributed by atoms with Gasteiger partial charge >= 0.3 is 0 Å². The van der Waals surface area contributed by atoms with Gasteiger partial charge in [-0.15, -0.1) is 0 Å². The van der Waals surface area contributed by atoms with Gasteiger partial charge in [0.1, 0.15) is 12.6 Å². The first-order valence-electron chi connectivity index (χ1n) is 14.0. The summed E-state index contributed by atoms with van der Waals surface area (Å²) < 4.78 is 26.9. The van der Waals surface area contributed by atoms with Crippen LogP contribution in [-0.4, -0.2) is 50.0 Å². The number of hydrogen-bond acceptors (Lipinski definition) is 4. The minimum absolute atomic E-state index is 0.0592. The van der Waals surface area contributed by atoms with E-state index in [4.69, 9.17) is 11.6 Å². The van der Waals surface area contributed by atoms with Crippen LogP contribution in [0.15, 0.2) is 78.9 Å². The summed E-state index contributed by atoms with van der Waals surface area (Å²) in [5, 5.41) is 3.57. The van der Waals surface area contributed by atoms with Gasteiger partial charge in [-0.2, -0.15) is 0 Å². The molecule has 0 spiro atoms. The van der Waals surface area contributed by atoms with Crippen molar-refractivity contribution < 1.29 is 18.0 Å². The predicted molar refractivity (Wildman–Crippen MR) is 164 cm³/mol. The molecule has 2 amide bonds. The fourth-order valence-electron chi connectivity index (χ4n) is 5.31. The van der Waals surface area contributed by atoms with E-state index in [9.17, 15) is 18.0 Å². The lowest BCUT2D eigenvalue weighted by atomic mass is 9.94. The number of aryl methyl sites for hydroxylation is 1. The van der Waals surface area contributed by atoms with Gasteiger partial charge in [-0.1, -0.05) is 91.5 Å². The number of carbonyl (C=O) groups is 2. The number of carbonyl (C=O) groups excluding carboxylic acids is 2. The maximum absolute atomic E-state index is 14.2. The average Bonchev–Trinajstić information content (AvgIpc) is 2.95. The number of rotatable bonds is 11. The van der Waals surface area contributed by atoms with Crippen LogP contribution in [0, 0.1) is 6.92 Å². The van der Waals surface area contributed by atoms with Crippen LogP contribution >= 0.6 is 11.6 Å². The minimum Gasteiger partial charge on any atom is -0.352 e. The van der Waals surface area contributed by atoms with Gasteiger partial charge in [0, 0.05) is 24.0 Å². The SMILES string of the molecule is Cc1ccccc1CN(C(=O)CN(c1cccc(Cl)c1)S(C)(=O)=O)[C@@H](Cc1ccccc1)C(=O)NC1CCCCC1. The summed E-state index contributed by atoms with van der Waals surface area (Å²) in [7, 11) is -3.85. The lowest BCUT2D eigenvalue weighted by Crippen LogP contribution is -2.55. The second-order valence-corrected chi connectivity index (χ2v) is 13.1. The zero-order chi connectivity index (χ0) is 29.4. The van der Waals surface area contributed by atoms with E-state index >= 15 is 0 Å². The van der Waals surface area contributed by atoms with Crippen molar-refractivity contribution in [2.24, 2.45) is 0 Å². The van der Waals surface area contributed by atoms with Crippen molar-refractivity contribution in [2.45, 2.75) is 64.1 Å². The minimum atomic E-state index is -3.85. The van der Waals surface area contributed by atoms with E-state index in [0.717, 1.165) is 59.4 Å². The molecule has 1 saturated carbocycles. The molecule has 1 aliphatic carbocycles. The Balaban J connectivity index is 1.73. The molecule has 218 valence electrons. The molecule has 0 heterocycles. The molecule has 9 heteroatoms. The molecule has 0 radical (unpaired) electrons. The molecule has 0 saturated heterocycles. The Bertz CT molecular complexity index is 1440. The van der Waals surface area contributed by atoms with Crippen LogP contribution < -0.4 is 9.62 Å². The Kier molecular flexibility index (Phi) is 10.5. The highest BCUT2D eigenvalue weighted by Crippen LogP contribution is 2.24. The Morgan fingerprint density at radius 2 is 1.63 bits per heavy atom. The van der Waals surface area contributed by atoms with Gasteiger partial charge in [0.2, 0.25) is 21.8 Å². The van der Waals surface area contributed by atoms with E-state index in [-0.39, 0.29) is 24.2 Å². The predicted octanol–water partition coefficient (Wildman–Crippen LogP) is 5.50. The molecule has 3 aromatic carbocycles. The fraction of sp³-hybridized carbons (Fsp3) is 0.375. The highest BCUT2D eigenvalue weighted by atomic mass is 35.5. The zero-order valence-corrected chi connectivity index (χ0v) is 25.2. The molecular formula is C32H38ClN3O4S. The van der Waals surface area contributed by atoms with Crippen LogP contribution in [0.25, 0.3) is 0 Å². The molecule has 3 aromatic rings. The first-order chi connectivity index (χ1) is 19.6. The molecule has 0 unspecified atom stereocenters. The van der Waals surface area contributed by atoms with E-state index < -0.39 is 28.5 Å². The topological polar surface area (TPSA) is 86.8 Å². The standard InChI is InChI=1S/C32H38ClN3O4S/c1-24-12-9-10-15-26(24)22-35(31(37)23-36(41(2,39)40)29-19-11-16-27(33)21-29)30(20-25-13-5-3-6-14-25)32(38)34-28-17-7-4-8-18-28/h3,5-6,9-16,19,21,28,30H,4,7-8,17-18,20,22-23H2,1-2H3,(H,34,38)/t30-/m0/s1. The summed E-state index contributed by atoms with van der Waals surface area (Å²) in [5.74, 6) is -0.699. The summed E-state index contributed by atoms with van der Waals surface area (Å²) >= 11 is 6.17. The van der Waals surface area contributed by atoms with Crippen LogP contribution in [0.3, 0.4) is 0 Å². The highest BCUT2D eigenvalue weighted by molar-refractivity contribution is 7.92. The van der Waals surface area contributed by atoms with Crippen molar-refractivity contribution in [3.63, 3.8) is 0 Å². The largest absolute Gasteiger partial charge is 0.352 e. The number of anilines is 1. The molecule has 0 aromatic heterocycles. The molecule has 0 bridgehead atoms. The number of benzene rings is 3. The first kappa shape index (κ1) is 30.6. The van der Waals surface area contributed by atoms with Crippen LogP contribution in [0.4, 0.5) is 5.69 Å². The summed E-state index contributed by atoms with van der Waals surface area (Å²) in [5.41, 5.74) is 3.06. The monoisotopic (exact) mass is 595 g/mol. The molecule has 1 aliphatic rings. The maximum Gasteiger partial charge on any atom is 0.244 e. The van der Waals surface area contributed by atoms with E-state index in [2.05, 4.69) is 5.32 Å². The van der Waals surface area contributed by atoms with Crippen LogP contribution in [0.2, 0.25) is 5.02 Å². The molecule has 41 heavy (non-hydrogen) atoms. The lowest BCUT2D eigenvalue weighted by Gasteiger charge is -2.35. The van der Waals surface area contributed by atoms with Gasteiger partial charge in [-0.05, 0) is 54.7 Å². The first-order valence-corrected chi connectivity index (χ1v) is 16.3. The number of nitrogens with zero attached hydrogens (tertiary/aromatic N) is 2. The fourth-order valence-corrected chi connectivity index (χ4v) is 6.34. The second kappa shape index (κ2) is 14.0. The number of sulfonamides is 1. The Morgan fingerprint density at radius 1 is 0.951 bits per heavy atom. The normalized spacial score (nSPS) is 14.7. The third kappa shape index (κ3) is 8.57. The Hall–Kier alpha value is -3.36. The Labute approximate surface area is 248 Å². The lowest BCUT2D eigenvalue weighted by molar-refractivity contribution is -0.140. The van der Waals surface area contributed by atoms with Gasteiger partial charge < -0.3 is 10.2 Å². The summed E-state index contributed by atoms with van der Waals surface area (Å²) in [6.45, 7) is 1.66. The molecule has 1 fully saturated rings.